The molecule has 7 nitrogen and oxygen atoms in total. The van der Waals surface area contributed by atoms with Gasteiger partial charge in [-0.1, -0.05) is 0 Å². The Kier molecular flexibility index (Phi) is 5.68. The van der Waals surface area contributed by atoms with Gasteiger partial charge in [0.05, 0.1) is 4.90 Å². The molecule has 0 atom stereocenters. The zero-order valence-corrected chi connectivity index (χ0v) is 16.3. The summed E-state index contributed by atoms with van der Waals surface area (Å²) in [4.78, 5) is 27.3. The van der Waals surface area contributed by atoms with Crippen LogP contribution in [0.5, 0.6) is 0 Å². The van der Waals surface area contributed by atoms with Crippen molar-refractivity contribution in [3.63, 3.8) is 0 Å². The number of pyridine rings is 1. The highest BCUT2D eigenvalue weighted by molar-refractivity contribution is 7.89. The van der Waals surface area contributed by atoms with E-state index in [9.17, 15) is 18.0 Å². The molecule has 3 N–H and O–H groups in total. The number of rotatable bonds is 5. The van der Waals surface area contributed by atoms with Crippen LogP contribution in [0.3, 0.4) is 0 Å². The van der Waals surface area contributed by atoms with Crippen LogP contribution < -0.4 is 15.6 Å². The molecule has 1 heterocycles. The highest BCUT2D eigenvalue weighted by Gasteiger charge is 2.19. The normalized spacial score (nSPS) is 11.4. The highest BCUT2D eigenvalue weighted by atomic mass is 32.2. The maximum absolute atomic E-state index is 12.5. The molecule has 0 aliphatic heterocycles. The van der Waals surface area contributed by atoms with Gasteiger partial charge >= 0.3 is 0 Å². The lowest BCUT2D eigenvalue weighted by atomic mass is 10.1. The third-order valence-electron chi connectivity index (χ3n) is 4.36. The van der Waals surface area contributed by atoms with Crippen molar-refractivity contribution >= 4 is 15.9 Å². The van der Waals surface area contributed by atoms with E-state index in [0.717, 1.165) is 11.3 Å². The van der Waals surface area contributed by atoms with E-state index in [1.807, 2.05) is 6.07 Å². The van der Waals surface area contributed by atoms with E-state index in [1.165, 1.54) is 13.1 Å². The number of carbonyl (C=O) groups is 1. The van der Waals surface area contributed by atoms with Crippen molar-refractivity contribution in [3.8, 4) is 0 Å². The predicted octanol–water partition coefficient (Wildman–Crippen LogP) is 1.45. The third kappa shape index (κ3) is 4.03. The largest absolute Gasteiger partial charge is 0.348 e. The minimum Gasteiger partial charge on any atom is -0.348 e. The van der Waals surface area contributed by atoms with Crippen LogP contribution in [0.4, 0.5) is 0 Å². The second-order valence-corrected chi connectivity index (χ2v) is 8.10. The van der Waals surface area contributed by atoms with Crippen LogP contribution in [0.1, 0.15) is 38.3 Å². The summed E-state index contributed by atoms with van der Waals surface area (Å²) in [5.41, 5.74) is 3.25. The van der Waals surface area contributed by atoms with E-state index < -0.39 is 15.9 Å². The first-order chi connectivity index (χ1) is 12.1. The molecule has 0 fully saturated rings. The van der Waals surface area contributed by atoms with Gasteiger partial charge in [0.1, 0.15) is 0 Å². The van der Waals surface area contributed by atoms with Gasteiger partial charge < -0.3 is 10.3 Å². The van der Waals surface area contributed by atoms with Gasteiger partial charge in [0.25, 0.3) is 11.5 Å². The number of hydrogen-bond acceptors (Lipinski definition) is 4. The fourth-order valence-corrected chi connectivity index (χ4v) is 3.79. The fourth-order valence-electron chi connectivity index (χ4n) is 2.72. The minimum atomic E-state index is -3.68. The lowest BCUT2D eigenvalue weighted by molar-refractivity contribution is 0.0950. The molecule has 1 amide bonds. The van der Waals surface area contributed by atoms with Gasteiger partial charge in [-0.05, 0) is 69.6 Å². The zero-order valence-electron chi connectivity index (χ0n) is 15.5. The predicted molar refractivity (Wildman–Crippen MR) is 99.9 cm³/mol. The Bertz CT molecular complexity index is 1020. The SMILES string of the molecule is CNS(=O)(=O)c1cc(C(=O)NCc2c(C)cc(C)[nH]c2=O)cc(C)c1C. The maximum Gasteiger partial charge on any atom is 0.253 e. The van der Waals surface area contributed by atoms with Crippen LogP contribution >= 0.6 is 0 Å². The molecule has 0 aliphatic rings. The molecule has 0 aliphatic carbocycles. The van der Waals surface area contributed by atoms with E-state index in [1.54, 1.807) is 33.8 Å². The minimum absolute atomic E-state index is 0.0569. The quantitative estimate of drug-likeness (QED) is 0.733. The Morgan fingerprint density at radius 3 is 2.31 bits per heavy atom. The van der Waals surface area contributed by atoms with Crippen LogP contribution in [-0.2, 0) is 16.6 Å². The number of benzene rings is 1. The molecule has 0 spiro atoms. The molecule has 0 saturated carbocycles. The summed E-state index contributed by atoms with van der Waals surface area (Å²) in [5.74, 6) is -0.444. The summed E-state index contributed by atoms with van der Waals surface area (Å²) in [6, 6.07) is 4.80. The van der Waals surface area contributed by atoms with Crippen molar-refractivity contribution in [1.29, 1.82) is 0 Å². The smallest absolute Gasteiger partial charge is 0.253 e. The molecule has 0 saturated heterocycles. The molecule has 8 heteroatoms. The number of nitrogens with one attached hydrogen (secondary N) is 3. The Morgan fingerprint density at radius 1 is 1.08 bits per heavy atom. The maximum atomic E-state index is 12.5. The first-order valence-electron chi connectivity index (χ1n) is 8.09. The van der Waals surface area contributed by atoms with Crippen molar-refractivity contribution in [2.75, 3.05) is 7.05 Å². The molecule has 0 unspecified atom stereocenters. The lowest BCUT2D eigenvalue weighted by Gasteiger charge is -2.13. The summed E-state index contributed by atoms with van der Waals surface area (Å²) in [6.45, 7) is 7.08. The number of amides is 1. The van der Waals surface area contributed by atoms with Gasteiger partial charge in [-0.3, -0.25) is 9.59 Å². The summed E-state index contributed by atoms with van der Waals surface area (Å²) >= 11 is 0. The van der Waals surface area contributed by atoms with Crippen molar-refractivity contribution < 1.29 is 13.2 Å². The van der Waals surface area contributed by atoms with E-state index in [2.05, 4.69) is 15.0 Å². The average Bonchev–Trinajstić information content (AvgIpc) is 2.55. The molecule has 2 aromatic rings. The highest BCUT2D eigenvalue weighted by Crippen LogP contribution is 2.21. The molecular formula is C18H23N3O4S. The van der Waals surface area contributed by atoms with E-state index in [4.69, 9.17) is 0 Å². The summed E-state index contributed by atoms with van der Waals surface area (Å²) in [5, 5.41) is 2.69. The van der Waals surface area contributed by atoms with E-state index in [0.29, 0.717) is 16.7 Å². The van der Waals surface area contributed by atoms with Crippen LogP contribution in [-0.4, -0.2) is 26.4 Å². The summed E-state index contributed by atoms with van der Waals surface area (Å²) < 4.78 is 26.6. The number of hydrogen-bond donors (Lipinski definition) is 3. The van der Waals surface area contributed by atoms with Crippen molar-refractivity contribution in [3.05, 3.63) is 62.1 Å². The van der Waals surface area contributed by atoms with E-state index >= 15 is 0 Å². The average molecular weight is 377 g/mol. The van der Waals surface area contributed by atoms with Gasteiger partial charge in [0, 0.05) is 23.4 Å². The van der Waals surface area contributed by atoms with Crippen LogP contribution in [0, 0.1) is 27.7 Å². The molecule has 2 rings (SSSR count). The fraction of sp³-hybridized carbons (Fsp3) is 0.333. The summed E-state index contributed by atoms with van der Waals surface area (Å²) in [7, 11) is -2.35. The number of aromatic amines is 1. The van der Waals surface area contributed by atoms with Crippen LogP contribution in [0.2, 0.25) is 0 Å². The van der Waals surface area contributed by atoms with Crippen molar-refractivity contribution in [2.24, 2.45) is 0 Å². The Balaban J connectivity index is 2.33. The molecule has 1 aromatic carbocycles. The Labute approximate surface area is 152 Å². The first-order valence-corrected chi connectivity index (χ1v) is 9.57. The van der Waals surface area contributed by atoms with E-state index in [-0.39, 0.29) is 22.6 Å². The number of aromatic nitrogens is 1. The van der Waals surface area contributed by atoms with Gasteiger partial charge in [-0.15, -0.1) is 0 Å². The molecule has 0 radical (unpaired) electrons. The Hall–Kier alpha value is -2.45. The first kappa shape index (κ1) is 19.9. The topological polar surface area (TPSA) is 108 Å². The van der Waals surface area contributed by atoms with Gasteiger partial charge in [-0.25, -0.2) is 13.1 Å². The number of H-pyrrole nitrogens is 1. The third-order valence-corrected chi connectivity index (χ3v) is 5.90. The van der Waals surface area contributed by atoms with Gasteiger partial charge in [0.2, 0.25) is 10.0 Å². The molecule has 26 heavy (non-hydrogen) atoms. The molecule has 0 bridgehead atoms. The number of aryl methyl sites for hydroxylation is 3. The number of sulfonamides is 1. The monoisotopic (exact) mass is 377 g/mol. The van der Waals surface area contributed by atoms with Gasteiger partial charge in [-0.2, -0.15) is 0 Å². The summed E-state index contributed by atoms with van der Waals surface area (Å²) in [6.07, 6.45) is 0. The Morgan fingerprint density at radius 2 is 1.73 bits per heavy atom. The zero-order chi connectivity index (χ0) is 19.6. The molecular weight excluding hydrogens is 354 g/mol. The second kappa shape index (κ2) is 7.43. The number of carbonyl (C=O) groups excluding carboxylic acids is 1. The van der Waals surface area contributed by atoms with Crippen molar-refractivity contribution in [2.45, 2.75) is 39.1 Å². The van der Waals surface area contributed by atoms with Crippen molar-refractivity contribution in [1.82, 2.24) is 15.0 Å². The molecule has 140 valence electrons. The second-order valence-electron chi connectivity index (χ2n) is 6.25. The van der Waals surface area contributed by atoms with Gasteiger partial charge in [0.15, 0.2) is 0 Å². The molecule has 1 aromatic heterocycles. The van der Waals surface area contributed by atoms with Crippen LogP contribution in [0.15, 0.2) is 27.9 Å². The standard InChI is InChI=1S/C18H23N3O4S/c1-10-7-14(8-16(13(10)4)26(24,25)19-5)17(22)20-9-15-11(2)6-12(3)21-18(15)23/h6-8,19H,9H2,1-5H3,(H,20,22)(H,21,23). The lowest BCUT2D eigenvalue weighted by Crippen LogP contribution is -2.28. The van der Waals surface area contributed by atoms with Crippen LogP contribution in [0.25, 0.3) is 0 Å².